The second-order valence-electron chi connectivity index (χ2n) is 5.20. The molecule has 0 aromatic carbocycles. The molecule has 4 atom stereocenters. The molecule has 0 radical (unpaired) electrons. The van der Waals surface area contributed by atoms with Crippen LogP contribution in [0.2, 0.25) is 0 Å². The molecule has 124 valence electrons. The number of nitrogen functional groups attached to an aromatic ring is 1. The van der Waals surface area contributed by atoms with Crippen LogP contribution in [0.4, 0.5) is 5.82 Å². The predicted octanol–water partition coefficient (Wildman–Crippen LogP) is -0.199. The lowest BCUT2D eigenvalue weighted by molar-refractivity contribution is -0.0289. The van der Waals surface area contributed by atoms with Gasteiger partial charge in [-0.25, -0.2) is 15.0 Å². The van der Waals surface area contributed by atoms with E-state index in [0.29, 0.717) is 23.3 Å². The van der Waals surface area contributed by atoms with Crippen molar-refractivity contribution in [1.82, 2.24) is 19.5 Å². The van der Waals surface area contributed by atoms with Gasteiger partial charge in [0, 0.05) is 5.75 Å². The summed E-state index contributed by atoms with van der Waals surface area (Å²) >= 11 is 1.57. The van der Waals surface area contributed by atoms with E-state index in [0.717, 1.165) is 5.75 Å². The molecule has 1 aliphatic heterocycles. The maximum Gasteiger partial charge on any atom is 0.167 e. The number of nitrogens with zero attached hydrogens (tertiary/aromatic N) is 4. The Morgan fingerprint density at radius 2 is 2.17 bits per heavy atom. The minimum atomic E-state index is -1.09. The lowest BCUT2D eigenvalue weighted by Gasteiger charge is -2.16. The van der Waals surface area contributed by atoms with Gasteiger partial charge in [-0.1, -0.05) is 0 Å². The molecule has 2 aromatic rings. The smallest absolute Gasteiger partial charge is 0.167 e. The Labute approximate surface area is 136 Å². The fourth-order valence-corrected chi connectivity index (χ4v) is 3.45. The molecular formula is C13H18N6O3S. The summed E-state index contributed by atoms with van der Waals surface area (Å²) in [4.78, 5) is 12.1. The van der Waals surface area contributed by atoms with Gasteiger partial charge < -0.3 is 26.1 Å². The third-order valence-electron chi connectivity index (χ3n) is 3.69. The lowest BCUT2D eigenvalue weighted by atomic mass is 10.1. The number of thioether (sulfide) groups is 1. The van der Waals surface area contributed by atoms with Crippen LogP contribution in [0.25, 0.3) is 11.2 Å². The Kier molecular flexibility index (Phi) is 4.76. The second kappa shape index (κ2) is 6.79. The largest absolute Gasteiger partial charge is 0.387 e. The van der Waals surface area contributed by atoms with E-state index in [-0.39, 0.29) is 5.82 Å². The zero-order valence-corrected chi connectivity index (χ0v) is 13.1. The van der Waals surface area contributed by atoms with Crippen molar-refractivity contribution in [2.24, 2.45) is 0 Å². The normalized spacial score (nSPS) is 27.6. The van der Waals surface area contributed by atoms with Crippen molar-refractivity contribution in [3.05, 3.63) is 12.7 Å². The molecule has 10 heteroatoms. The average molecular weight is 338 g/mol. The molecule has 3 heterocycles. The zero-order chi connectivity index (χ0) is 16.4. The van der Waals surface area contributed by atoms with Crippen molar-refractivity contribution in [2.45, 2.75) is 31.0 Å². The van der Waals surface area contributed by atoms with Gasteiger partial charge in [-0.3, -0.25) is 4.57 Å². The SMILES string of the molecule is N=CCCSC[C@H]1O[C@@H](n2cnc3c(N)ncnc32)[C@H](O)[C@@H]1O. The highest BCUT2D eigenvalue weighted by Crippen LogP contribution is 2.33. The van der Waals surface area contributed by atoms with Crippen LogP contribution in [-0.2, 0) is 4.74 Å². The highest BCUT2D eigenvalue weighted by Gasteiger charge is 2.44. The number of ether oxygens (including phenoxy) is 1. The van der Waals surface area contributed by atoms with Crippen LogP contribution >= 0.6 is 11.8 Å². The fourth-order valence-electron chi connectivity index (χ4n) is 2.49. The van der Waals surface area contributed by atoms with Crippen LogP contribution in [-0.4, -0.2) is 65.8 Å². The second-order valence-corrected chi connectivity index (χ2v) is 6.35. The molecule has 9 nitrogen and oxygen atoms in total. The lowest BCUT2D eigenvalue weighted by Crippen LogP contribution is -2.32. The number of nitrogens with one attached hydrogen (secondary N) is 1. The topological polar surface area (TPSA) is 143 Å². The number of hydrogen-bond donors (Lipinski definition) is 4. The highest BCUT2D eigenvalue weighted by molar-refractivity contribution is 7.99. The number of anilines is 1. The van der Waals surface area contributed by atoms with Crippen molar-refractivity contribution in [1.29, 1.82) is 5.41 Å². The number of rotatable bonds is 6. The molecule has 23 heavy (non-hydrogen) atoms. The number of hydrogen-bond acceptors (Lipinski definition) is 9. The monoisotopic (exact) mass is 338 g/mol. The minimum Gasteiger partial charge on any atom is -0.387 e. The molecule has 1 aliphatic rings. The van der Waals surface area contributed by atoms with E-state index in [1.807, 2.05) is 0 Å². The summed E-state index contributed by atoms with van der Waals surface area (Å²) in [7, 11) is 0. The highest BCUT2D eigenvalue weighted by atomic mass is 32.2. The first kappa shape index (κ1) is 16.1. The molecule has 0 saturated carbocycles. The number of fused-ring (bicyclic) bond motifs is 1. The summed E-state index contributed by atoms with van der Waals surface area (Å²) in [6.45, 7) is 0. The van der Waals surface area contributed by atoms with Gasteiger partial charge in [-0.05, 0) is 18.4 Å². The van der Waals surface area contributed by atoms with E-state index < -0.39 is 24.5 Å². The van der Waals surface area contributed by atoms with E-state index in [9.17, 15) is 10.2 Å². The number of aliphatic hydroxyl groups excluding tert-OH is 2. The zero-order valence-electron chi connectivity index (χ0n) is 12.2. The van der Waals surface area contributed by atoms with Gasteiger partial charge in [-0.15, -0.1) is 0 Å². The van der Waals surface area contributed by atoms with E-state index in [1.54, 1.807) is 16.3 Å². The molecule has 0 bridgehead atoms. The predicted molar refractivity (Wildman–Crippen MR) is 86.4 cm³/mol. The Bertz CT molecular complexity index is 695. The molecule has 0 unspecified atom stereocenters. The molecule has 1 saturated heterocycles. The van der Waals surface area contributed by atoms with E-state index in [2.05, 4.69) is 15.0 Å². The summed E-state index contributed by atoms with van der Waals surface area (Å²) in [6, 6.07) is 0. The molecule has 2 aromatic heterocycles. The van der Waals surface area contributed by atoms with Gasteiger partial charge in [0.05, 0.1) is 12.4 Å². The van der Waals surface area contributed by atoms with E-state index in [4.69, 9.17) is 15.9 Å². The third kappa shape index (κ3) is 3.02. The van der Waals surface area contributed by atoms with Gasteiger partial charge in [-0.2, -0.15) is 11.8 Å². The standard InChI is InChI=1S/C13H18N6O3S/c14-2-1-3-23-4-7-9(20)10(21)13(22-7)19-6-18-8-11(15)16-5-17-12(8)19/h2,5-7,9-10,13-14,20-21H,1,3-4H2,(H2,15,16,17)/t7-,9-,10-,13-/m1/s1. The average Bonchev–Trinajstić information content (AvgIpc) is 3.09. The number of nitrogens with two attached hydrogens (primary N) is 1. The molecule has 3 rings (SSSR count). The number of aliphatic hydroxyl groups is 2. The summed E-state index contributed by atoms with van der Waals surface area (Å²) in [5.41, 5.74) is 6.63. The maximum atomic E-state index is 10.3. The van der Waals surface area contributed by atoms with Crippen LogP contribution in [0.3, 0.4) is 0 Å². The van der Waals surface area contributed by atoms with Crippen LogP contribution in [0.5, 0.6) is 0 Å². The van der Waals surface area contributed by atoms with Crippen molar-refractivity contribution >= 4 is 35.0 Å². The molecule has 1 fully saturated rings. The number of imidazole rings is 1. The fraction of sp³-hybridized carbons (Fsp3) is 0.538. The molecule has 0 aliphatic carbocycles. The van der Waals surface area contributed by atoms with Crippen LogP contribution in [0.1, 0.15) is 12.6 Å². The first-order chi connectivity index (χ1) is 11.1. The quantitative estimate of drug-likeness (QED) is 0.419. The van der Waals surface area contributed by atoms with Crippen molar-refractivity contribution in [2.75, 3.05) is 17.2 Å². The summed E-state index contributed by atoms with van der Waals surface area (Å²) < 4.78 is 7.36. The maximum absolute atomic E-state index is 10.3. The minimum absolute atomic E-state index is 0.250. The van der Waals surface area contributed by atoms with Gasteiger partial charge >= 0.3 is 0 Å². The summed E-state index contributed by atoms with van der Waals surface area (Å²) in [5.74, 6) is 1.56. The van der Waals surface area contributed by atoms with Gasteiger partial charge in [0.15, 0.2) is 17.7 Å². The Morgan fingerprint density at radius 3 is 2.96 bits per heavy atom. The van der Waals surface area contributed by atoms with Gasteiger partial charge in [0.1, 0.15) is 24.1 Å². The molecular weight excluding hydrogens is 320 g/mol. The summed E-state index contributed by atoms with van der Waals surface area (Å²) in [5, 5.41) is 27.5. The van der Waals surface area contributed by atoms with Crippen molar-refractivity contribution < 1.29 is 14.9 Å². The molecule has 0 amide bonds. The number of aromatic nitrogens is 4. The molecule has 0 spiro atoms. The summed E-state index contributed by atoms with van der Waals surface area (Å²) in [6.07, 6.45) is 1.44. The van der Waals surface area contributed by atoms with Crippen LogP contribution < -0.4 is 5.73 Å². The van der Waals surface area contributed by atoms with Crippen LogP contribution in [0, 0.1) is 5.41 Å². The van der Waals surface area contributed by atoms with Crippen molar-refractivity contribution in [3.8, 4) is 0 Å². The van der Waals surface area contributed by atoms with Gasteiger partial charge in [0.2, 0.25) is 0 Å². The van der Waals surface area contributed by atoms with Crippen molar-refractivity contribution in [3.63, 3.8) is 0 Å². The Hall–Kier alpha value is -1.75. The third-order valence-corrected chi connectivity index (χ3v) is 4.78. The van der Waals surface area contributed by atoms with E-state index >= 15 is 0 Å². The first-order valence-electron chi connectivity index (χ1n) is 7.14. The van der Waals surface area contributed by atoms with Crippen LogP contribution in [0.15, 0.2) is 12.7 Å². The first-order valence-corrected chi connectivity index (χ1v) is 8.30. The van der Waals surface area contributed by atoms with E-state index in [1.165, 1.54) is 18.9 Å². The Morgan fingerprint density at radius 1 is 1.35 bits per heavy atom. The van der Waals surface area contributed by atoms with Gasteiger partial charge in [0.25, 0.3) is 0 Å². The molecule has 5 N–H and O–H groups in total. The Balaban J connectivity index is 1.77.